The van der Waals surface area contributed by atoms with E-state index in [1.54, 1.807) is 0 Å². The number of carboxylic acids is 1. The Morgan fingerprint density at radius 2 is 0.689 bits per heavy atom. The summed E-state index contributed by atoms with van der Waals surface area (Å²) in [5.74, 6) is -0.992. The number of hydrogen-bond acceptors (Lipinski definition) is 11. The number of ether oxygens (including phenoxy) is 10. The van der Waals surface area contributed by atoms with Gasteiger partial charge in [-0.05, 0) is 25.7 Å². The molecule has 0 rings (SSSR count). The van der Waals surface area contributed by atoms with Gasteiger partial charge in [-0.3, -0.25) is 0 Å². The standard InChI is InChI=1S/C33H64O12/c1-2-3-4-5-6-7-8-9-10-11-12-13-36-14-15-37-16-17-38-18-19-39-20-21-40-22-23-41-24-25-42-26-27-43-28-29-44-30-31-45-32-33(34)35/h4-5H,2-3,6-32H2,1H3,(H,34,35)/b5-4-. The van der Waals surface area contributed by atoms with Crippen molar-refractivity contribution in [1.29, 1.82) is 0 Å². The maximum Gasteiger partial charge on any atom is 0.329 e. The molecule has 0 aliphatic carbocycles. The first-order chi connectivity index (χ1) is 22.3. The van der Waals surface area contributed by atoms with E-state index in [9.17, 15) is 4.79 Å². The first-order valence-corrected chi connectivity index (χ1v) is 16.9. The lowest BCUT2D eigenvalue weighted by Gasteiger charge is -2.09. The van der Waals surface area contributed by atoms with E-state index >= 15 is 0 Å². The molecule has 1 N–H and O–H groups in total. The topological polar surface area (TPSA) is 130 Å². The van der Waals surface area contributed by atoms with E-state index in [-0.39, 0.29) is 13.2 Å². The van der Waals surface area contributed by atoms with Crippen LogP contribution < -0.4 is 0 Å². The molecule has 0 heterocycles. The largest absolute Gasteiger partial charge is 0.480 e. The van der Waals surface area contributed by atoms with Gasteiger partial charge >= 0.3 is 5.97 Å². The smallest absolute Gasteiger partial charge is 0.329 e. The number of aliphatic carboxylic acids is 1. The summed E-state index contributed by atoms with van der Waals surface area (Å²) in [5, 5.41) is 8.42. The number of carboxylic acid groups (broad SMARTS) is 1. The predicted molar refractivity (Wildman–Crippen MR) is 172 cm³/mol. The van der Waals surface area contributed by atoms with Crippen LogP contribution in [0.5, 0.6) is 0 Å². The Bertz CT molecular complexity index is 594. The van der Waals surface area contributed by atoms with E-state index in [2.05, 4.69) is 19.1 Å². The third-order valence-electron chi connectivity index (χ3n) is 6.11. The molecule has 0 aromatic rings. The van der Waals surface area contributed by atoms with Crippen LogP contribution in [0.2, 0.25) is 0 Å². The van der Waals surface area contributed by atoms with Crippen molar-refractivity contribution in [2.24, 2.45) is 0 Å². The minimum atomic E-state index is -0.992. The molecule has 0 saturated carbocycles. The maximum absolute atomic E-state index is 10.3. The van der Waals surface area contributed by atoms with Crippen LogP contribution in [0.3, 0.4) is 0 Å². The molecule has 12 heteroatoms. The average Bonchev–Trinajstić information content (AvgIpc) is 3.03. The highest BCUT2D eigenvalue weighted by molar-refractivity contribution is 5.67. The van der Waals surface area contributed by atoms with Crippen LogP contribution in [0.1, 0.15) is 64.7 Å². The Labute approximate surface area is 272 Å². The van der Waals surface area contributed by atoms with Gasteiger partial charge in [0.05, 0.1) is 119 Å². The molecule has 0 amide bonds. The van der Waals surface area contributed by atoms with Gasteiger partial charge in [0.25, 0.3) is 0 Å². The van der Waals surface area contributed by atoms with Crippen LogP contribution in [0.4, 0.5) is 0 Å². The van der Waals surface area contributed by atoms with Crippen molar-refractivity contribution in [3.8, 4) is 0 Å². The van der Waals surface area contributed by atoms with Crippen LogP contribution in [0, 0.1) is 0 Å². The van der Waals surface area contributed by atoms with Gasteiger partial charge in [-0.25, -0.2) is 4.79 Å². The quantitative estimate of drug-likeness (QED) is 0.0747. The van der Waals surface area contributed by atoms with Crippen molar-refractivity contribution < 1.29 is 57.3 Å². The summed E-state index contributed by atoms with van der Waals surface area (Å²) in [4.78, 5) is 10.3. The van der Waals surface area contributed by atoms with Crippen molar-refractivity contribution in [3.63, 3.8) is 0 Å². The molecule has 0 atom stereocenters. The van der Waals surface area contributed by atoms with Crippen molar-refractivity contribution in [2.75, 3.05) is 132 Å². The van der Waals surface area contributed by atoms with Gasteiger partial charge < -0.3 is 52.5 Å². The van der Waals surface area contributed by atoms with Gasteiger partial charge in [0, 0.05) is 6.61 Å². The Balaban J connectivity index is 3.05. The zero-order chi connectivity index (χ0) is 32.6. The third kappa shape index (κ3) is 42.8. The van der Waals surface area contributed by atoms with Crippen LogP contribution in [-0.2, 0) is 52.2 Å². The molecule has 0 unspecified atom stereocenters. The zero-order valence-corrected chi connectivity index (χ0v) is 28.1. The van der Waals surface area contributed by atoms with Gasteiger partial charge in [-0.15, -0.1) is 0 Å². The van der Waals surface area contributed by atoms with Crippen molar-refractivity contribution >= 4 is 5.97 Å². The van der Waals surface area contributed by atoms with E-state index in [0.717, 1.165) is 13.0 Å². The number of unbranched alkanes of at least 4 members (excludes halogenated alkanes) is 7. The van der Waals surface area contributed by atoms with Crippen LogP contribution in [-0.4, -0.2) is 143 Å². The average molecular weight is 653 g/mol. The fourth-order valence-electron chi connectivity index (χ4n) is 3.71. The summed E-state index contributed by atoms with van der Waals surface area (Å²) in [6, 6.07) is 0. The van der Waals surface area contributed by atoms with Crippen molar-refractivity contribution in [2.45, 2.75) is 64.7 Å². The molecule has 0 aliphatic heterocycles. The normalized spacial score (nSPS) is 11.7. The Morgan fingerprint density at radius 3 is 1.04 bits per heavy atom. The second-order valence-corrected chi connectivity index (χ2v) is 10.1. The molecule has 0 bridgehead atoms. The molecule has 12 nitrogen and oxygen atoms in total. The second-order valence-electron chi connectivity index (χ2n) is 10.1. The molecule has 0 radical (unpaired) electrons. The molecule has 0 saturated heterocycles. The molecule has 0 aliphatic rings. The SMILES string of the molecule is CCC/C=C\CCCCCCCCOCCOCCOCCOCCOCCOCCOCCOCCOCCOCC(=O)O. The van der Waals surface area contributed by atoms with E-state index in [1.807, 2.05) is 0 Å². The Morgan fingerprint density at radius 1 is 0.400 bits per heavy atom. The van der Waals surface area contributed by atoms with Gasteiger partial charge in [-0.2, -0.15) is 0 Å². The first kappa shape index (κ1) is 43.8. The number of hydrogen-bond donors (Lipinski definition) is 1. The number of carbonyl (C=O) groups is 1. The monoisotopic (exact) mass is 652 g/mol. The lowest BCUT2D eigenvalue weighted by atomic mass is 10.1. The highest BCUT2D eigenvalue weighted by atomic mass is 16.6. The molecule has 0 aromatic heterocycles. The molecule has 268 valence electrons. The van der Waals surface area contributed by atoms with E-state index in [0.29, 0.717) is 112 Å². The molecule has 0 fully saturated rings. The van der Waals surface area contributed by atoms with E-state index < -0.39 is 5.97 Å². The fraction of sp³-hybridized carbons (Fsp3) is 0.909. The van der Waals surface area contributed by atoms with Gasteiger partial charge in [0.15, 0.2) is 0 Å². The second kappa shape index (κ2) is 40.8. The summed E-state index contributed by atoms with van der Waals surface area (Å²) in [5.41, 5.74) is 0. The van der Waals surface area contributed by atoms with Gasteiger partial charge in [-0.1, -0.05) is 51.2 Å². The lowest BCUT2D eigenvalue weighted by molar-refractivity contribution is -0.142. The Hall–Kier alpha value is -1.19. The zero-order valence-electron chi connectivity index (χ0n) is 28.1. The third-order valence-corrected chi connectivity index (χ3v) is 6.11. The van der Waals surface area contributed by atoms with Gasteiger partial charge in [0.2, 0.25) is 0 Å². The first-order valence-electron chi connectivity index (χ1n) is 16.9. The highest BCUT2D eigenvalue weighted by Crippen LogP contribution is 2.08. The van der Waals surface area contributed by atoms with E-state index in [4.69, 9.17) is 52.5 Å². The van der Waals surface area contributed by atoms with E-state index in [1.165, 1.54) is 51.4 Å². The fourth-order valence-corrected chi connectivity index (χ4v) is 3.71. The molecule has 0 aromatic carbocycles. The summed E-state index contributed by atoms with van der Waals surface area (Å²) in [6.07, 6.45) is 16.0. The van der Waals surface area contributed by atoms with Crippen LogP contribution in [0.25, 0.3) is 0 Å². The number of rotatable bonds is 40. The summed E-state index contributed by atoms with van der Waals surface area (Å²) in [7, 11) is 0. The molecule has 45 heavy (non-hydrogen) atoms. The van der Waals surface area contributed by atoms with Crippen LogP contribution >= 0.6 is 0 Å². The van der Waals surface area contributed by atoms with Crippen molar-refractivity contribution in [1.82, 2.24) is 0 Å². The van der Waals surface area contributed by atoms with Crippen LogP contribution in [0.15, 0.2) is 12.2 Å². The minimum Gasteiger partial charge on any atom is -0.480 e. The molecular formula is C33H64O12. The Kier molecular flexibility index (Phi) is 39.8. The minimum absolute atomic E-state index is 0.246. The lowest BCUT2D eigenvalue weighted by Crippen LogP contribution is -2.15. The van der Waals surface area contributed by atoms with Crippen molar-refractivity contribution in [3.05, 3.63) is 12.2 Å². The highest BCUT2D eigenvalue weighted by Gasteiger charge is 1.98. The predicted octanol–water partition coefficient (Wildman–Crippen LogP) is 4.32. The molecular weight excluding hydrogens is 588 g/mol. The summed E-state index contributed by atoms with van der Waals surface area (Å²) >= 11 is 0. The summed E-state index contributed by atoms with van der Waals surface area (Å²) < 4.78 is 54.0. The number of allylic oxidation sites excluding steroid dienone is 2. The molecule has 0 spiro atoms. The maximum atomic E-state index is 10.3. The van der Waals surface area contributed by atoms with Gasteiger partial charge in [0.1, 0.15) is 6.61 Å². The summed E-state index contributed by atoms with van der Waals surface area (Å²) in [6.45, 7) is 11.5.